The van der Waals surface area contributed by atoms with Gasteiger partial charge in [0, 0.05) is 18.3 Å². The fourth-order valence-electron chi connectivity index (χ4n) is 3.30. The van der Waals surface area contributed by atoms with E-state index in [1.807, 2.05) is 16.7 Å². The topological polar surface area (TPSA) is 40.5 Å². The van der Waals surface area contributed by atoms with E-state index in [2.05, 4.69) is 6.26 Å². The summed E-state index contributed by atoms with van der Waals surface area (Å²) in [6.45, 7) is 1.75. The Morgan fingerprint density at radius 3 is 2.68 bits per heavy atom. The van der Waals surface area contributed by atoms with E-state index in [4.69, 9.17) is 0 Å². The summed E-state index contributed by atoms with van der Waals surface area (Å²) in [4.78, 5) is 14.4. The van der Waals surface area contributed by atoms with Crippen molar-refractivity contribution in [2.45, 2.75) is 68.6 Å². The molecule has 1 aliphatic heterocycles. The first kappa shape index (κ1) is 15.2. The summed E-state index contributed by atoms with van der Waals surface area (Å²) in [5.41, 5.74) is -0.712. The number of rotatable bonds is 3. The molecular weight excluding hydrogens is 258 g/mol. The predicted molar refractivity (Wildman–Crippen MR) is 80.4 cm³/mol. The highest BCUT2D eigenvalue weighted by Crippen LogP contribution is 2.32. The standard InChI is InChI=1S/C15H27NO2S/c1-19-13-7-3-6-10-16(12-13)14(17)11-15(18)8-4-2-5-9-15/h13,18H,2-12H2,1H3. The first-order valence-corrected chi connectivity index (χ1v) is 8.95. The number of likely N-dealkylation sites (tertiary alicyclic amines) is 1. The minimum atomic E-state index is -0.712. The van der Waals surface area contributed by atoms with Crippen molar-refractivity contribution in [3.05, 3.63) is 0 Å². The summed E-state index contributed by atoms with van der Waals surface area (Å²) in [6.07, 6.45) is 11.0. The van der Waals surface area contributed by atoms with Gasteiger partial charge in [-0.25, -0.2) is 0 Å². The van der Waals surface area contributed by atoms with Gasteiger partial charge in [-0.15, -0.1) is 0 Å². The van der Waals surface area contributed by atoms with Crippen molar-refractivity contribution in [2.75, 3.05) is 19.3 Å². The molecule has 3 nitrogen and oxygen atoms in total. The third-order valence-electron chi connectivity index (χ3n) is 4.58. The quantitative estimate of drug-likeness (QED) is 0.867. The van der Waals surface area contributed by atoms with Gasteiger partial charge in [-0.2, -0.15) is 11.8 Å². The van der Waals surface area contributed by atoms with Gasteiger partial charge < -0.3 is 10.0 Å². The Morgan fingerprint density at radius 2 is 2.00 bits per heavy atom. The van der Waals surface area contributed by atoms with Gasteiger partial charge in [0.25, 0.3) is 0 Å². The van der Waals surface area contributed by atoms with Gasteiger partial charge in [0.2, 0.25) is 5.91 Å². The average molecular weight is 285 g/mol. The molecule has 0 aromatic heterocycles. The maximum absolute atomic E-state index is 12.4. The van der Waals surface area contributed by atoms with Crippen LogP contribution in [0.3, 0.4) is 0 Å². The summed E-state index contributed by atoms with van der Waals surface area (Å²) >= 11 is 1.87. The van der Waals surface area contributed by atoms with Crippen molar-refractivity contribution in [1.82, 2.24) is 4.90 Å². The lowest BCUT2D eigenvalue weighted by Crippen LogP contribution is -2.42. The van der Waals surface area contributed by atoms with Gasteiger partial charge in [0.1, 0.15) is 0 Å². The van der Waals surface area contributed by atoms with Crippen molar-refractivity contribution in [1.29, 1.82) is 0 Å². The second kappa shape index (κ2) is 6.98. The van der Waals surface area contributed by atoms with Crippen molar-refractivity contribution >= 4 is 17.7 Å². The van der Waals surface area contributed by atoms with Crippen LogP contribution in [0.4, 0.5) is 0 Å². The molecule has 1 saturated carbocycles. The summed E-state index contributed by atoms with van der Waals surface area (Å²) in [7, 11) is 0. The molecule has 0 aromatic rings. The lowest BCUT2D eigenvalue weighted by atomic mass is 9.82. The Bertz CT molecular complexity index is 303. The molecule has 0 aromatic carbocycles. The summed E-state index contributed by atoms with van der Waals surface area (Å²) < 4.78 is 0. The van der Waals surface area contributed by atoms with E-state index in [-0.39, 0.29) is 5.91 Å². The Hall–Kier alpha value is -0.220. The second-order valence-electron chi connectivity index (χ2n) is 6.16. The molecular formula is C15H27NO2S. The molecule has 1 amide bonds. The molecule has 1 saturated heterocycles. The molecule has 0 bridgehead atoms. The van der Waals surface area contributed by atoms with Crippen LogP contribution in [0.2, 0.25) is 0 Å². The first-order valence-electron chi connectivity index (χ1n) is 7.66. The van der Waals surface area contributed by atoms with Crippen LogP contribution in [0.1, 0.15) is 57.8 Å². The van der Waals surface area contributed by atoms with Crippen molar-refractivity contribution < 1.29 is 9.90 Å². The van der Waals surface area contributed by atoms with E-state index in [1.165, 1.54) is 19.3 Å². The van der Waals surface area contributed by atoms with E-state index < -0.39 is 5.60 Å². The highest BCUT2D eigenvalue weighted by Gasteiger charge is 2.34. The SMILES string of the molecule is CSC1CCCCN(C(=O)CC2(O)CCCCC2)C1. The van der Waals surface area contributed by atoms with E-state index in [1.54, 1.807) is 0 Å². The minimum Gasteiger partial charge on any atom is -0.389 e. The maximum Gasteiger partial charge on any atom is 0.225 e. The second-order valence-corrected chi connectivity index (χ2v) is 7.29. The zero-order valence-electron chi connectivity index (χ0n) is 12.1. The number of aliphatic hydroxyl groups is 1. The third-order valence-corrected chi connectivity index (χ3v) is 5.63. The number of amides is 1. The number of carbonyl (C=O) groups excluding carboxylic acids is 1. The molecule has 110 valence electrons. The molecule has 1 atom stereocenters. The van der Waals surface area contributed by atoms with Crippen molar-refractivity contribution in [3.8, 4) is 0 Å². The summed E-state index contributed by atoms with van der Waals surface area (Å²) in [5, 5.41) is 11.1. The van der Waals surface area contributed by atoms with Gasteiger partial charge in [-0.3, -0.25) is 4.79 Å². The number of thioether (sulfide) groups is 1. The fourth-order valence-corrected chi connectivity index (χ4v) is 4.03. The normalized spacial score (nSPS) is 27.9. The Kier molecular flexibility index (Phi) is 5.58. The van der Waals surface area contributed by atoms with E-state index in [0.29, 0.717) is 11.7 Å². The summed E-state index contributed by atoms with van der Waals surface area (Å²) in [5.74, 6) is 0.172. The molecule has 4 heteroatoms. The predicted octanol–water partition coefficient (Wildman–Crippen LogP) is 2.82. The number of nitrogens with zero attached hydrogens (tertiary/aromatic N) is 1. The highest BCUT2D eigenvalue weighted by molar-refractivity contribution is 7.99. The molecule has 0 spiro atoms. The van der Waals surface area contributed by atoms with Gasteiger partial charge in [0.15, 0.2) is 0 Å². The Morgan fingerprint density at radius 1 is 1.26 bits per heavy atom. The number of carbonyl (C=O) groups is 1. The molecule has 1 aliphatic carbocycles. The highest BCUT2D eigenvalue weighted by atomic mass is 32.2. The van der Waals surface area contributed by atoms with Crippen LogP contribution in [0.25, 0.3) is 0 Å². The average Bonchev–Trinajstić information content (AvgIpc) is 2.64. The number of hydrogen-bond donors (Lipinski definition) is 1. The Balaban J connectivity index is 1.90. The van der Waals surface area contributed by atoms with Crippen LogP contribution in [0.15, 0.2) is 0 Å². The zero-order valence-corrected chi connectivity index (χ0v) is 12.9. The first-order chi connectivity index (χ1) is 9.13. The molecule has 2 fully saturated rings. The van der Waals surface area contributed by atoms with E-state index in [9.17, 15) is 9.90 Å². The summed E-state index contributed by atoms with van der Waals surface area (Å²) in [6, 6.07) is 0. The molecule has 2 rings (SSSR count). The lowest BCUT2D eigenvalue weighted by molar-refractivity contribution is -0.137. The lowest BCUT2D eigenvalue weighted by Gasteiger charge is -2.34. The smallest absolute Gasteiger partial charge is 0.225 e. The van der Waals surface area contributed by atoms with Gasteiger partial charge >= 0.3 is 0 Å². The van der Waals surface area contributed by atoms with Gasteiger partial charge in [-0.05, 0) is 31.9 Å². The fraction of sp³-hybridized carbons (Fsp3) is 0.933. The van der Waals surface area contributed by atoms with Crippen LogP contribution in [0, 0.1) is 0 Å². The van der Waals surface area contributed by atoms with Crippen LogP contribution >= 0.6 is 11.8 Å². The Labute approximate surface area is 121 Å². The van der Waals surface area contributed by atoms with Crippen molar-refractivity contribution in [2.24, 2.45) is 0 Å². The van der Waals surface area contributed by atoms with Crippen LogP contribution in [-0.4, -0.2) is 46.1 Å². The zero-order chi connectivity index (χ0) is 13.7. The molecule has 1 unspecified atom stereocenters. The van der Waals surface area contributed by atoms with Crippen LogP contribution < -0.4 is 0 Å². The monoisotopic (exact) mass is 285 g/mol. The van der Waals surface area contributed by atoms with E-state index >= 15 is 0 Å². The molecule has 2 aliphatic rings. The third kappa shape index (κ3) is 4.38. The molecule has 1 N–H and O–H groups in total. The molecule has 0 radical (unpaired) electrons. The molecule has 1 heterocycles. The number of hydrogen-bond acceptors (Lipinski definition) is 3. The largest absolute Gasteiger partial charge is 0.389 e. The van der Waals surface area contributed by atoms with Crippen LogP contribution in [0.5, 0.6) is 0 Å². The molecule has 19 heavy (non-hydrogen) atoms. The van der Waals surface area contributed by atoms with Gasteiger partial charge in [-0.1, -0.05) is 25.7 Å². The van der Waals surface area contributed by atoms with Crippen molar-refractivity contribution in [3.63, 3.8) is 0 Å². The maximum atomic E-state index is 12.4. The van der Waals surface area contributed by atoms with E-state index in [0.717, 1.165) is 45.2 Å². The minimum absolute atomic E-state index is 0.172. The van der Waals surface area contributed by atoms with Crippen LogP contribution in [-0.2, 0) is 4.79 Å². The van der Waals surface area contributed by atoms with Gasteiger partial charge in [0.05, 0.1) is 12.0 Å².